The molecule has 0 unspecified atom stereocenters. The maximum absolute atomic E-state index is 14.1. The fourth-order valence-electron chi connectivity index (χ4n) is 4.78. The number of anilines is 1. The van der Waals surface area contributed by atoms with Gasteiger partial charge in [-0.2, -0.15) is 0 Å². The Kier molecular flexibility index (Phi) is 9.12. The Morgan fingerprint density at radius 1 is 0.947 bits per heavy atom. The average molecular weight is 542 g/mol. The number of likely N-dealkylation sites (tertiary alicyclic amines) is 1. The molecule has 1 N–H and O–H groups in total. The summed E-state index contributed by atoms with van der Waals surface area (Å²) in [4.78, 5) is 14.7. The Morgan fingerprint density at radius 3 is 2.29 bits per heavy atom. The van der Waals surface area contributed by atoms with E-state index in [1.807, 2.05) is 13.0 Å². The second-order valence-electron chi connectivity index (χ2n) is 9.78. The van der Waals surface area contributed by atoms with E-state index in [1.165, 1.54) is 34.6 Å². The van der Waals surface area contributed by atoms with Crippen molar-refractivity contribution in [3.8, 4) is 0 Å². The van der Waals surface area contributed by atoms with E-state index in [9.17, 15) is 22.0 Å². The smallest absolute Gasteiger partial charge is 0.239 e. The number of halogens is 2. The number of nitrogens with zero attached hydrogens (tertiary/aromatic N) is 2. The van der Waals surface area contributed by atoms with Crippen LogP contribution in [0.1, 0.15) is 30.9 Å². The highest BCUT2D eigenvalue weighted by molar-refractivity contribution is 7.92. The third kappa shape index (κ3) is 7.61. The molecule has 1 aliphatic heterocycles. The van der Waals surface area contributed by atoms with Crippen LogP contribution in [0.15, 0.2) is 78.9 Å². The molecule has 4 rings (SSSR count). The summed E-state index contributed by atoms with van der Waals surface area (Å²) in [5, 5.41) is 3.06. The number of sulfonamides is 1. The van der Waals surface area contributed by atoms with Crippen LogP contribution < -0.4 is 9.62 Å². The zero-order valence-electron chi connectivity index (χ0n) is 21.4. The van der Waals surface area contributed by atoms with Gasteiger partial charge in [0, 0.05) is 31.7 Å². The van der Waals surface area contributed by atoms with E-state index in [0.717, 1.165) is 18.4 Å². The molecular weight excluding hydrogens is 508 g/mol. The number of hydrogen-bond acceptors (Lipinski definition) is 4. The van der Waals surface area contributed by atoms with Crippen LogP contribution in [0.5, 0.6) is 0 Å². The van der Waals surface area contributed by atoms with Crippen LogP contribution in [-0.4, -0.2) is 50.9 Å². The van der Waals surface area contributed by atoms with Gasteiger partial charge in [0.05, 0.1) is 17.9 Å². The van der Waals surface area contributed by atoms with Gasteiger partial charge >= 0.3 is 0 Å². The van der Waals surface area contributed by atoms with Crippen molar-refractivity contribution < 1.29 is 22.0 Å². The highest BCUT2D eigenvalue weighted by Crippen LogP contribution is 2.24. The second kappa shape index (κ2) is 12.5. The minimum absolute atomic E-state index is 0.0209. The summed E-state index contributed by atoms with van der Waals surface area (Å²) < 4.78 is 55.4. The molecule has 1 heterocycles. The molecule has 1 amide bonds. The topological polar surface area (TPSA) is 69.7 Å². The number of nitrogens with one attached hydrogen (secondary N) is 1. The van der Waals surface area contributed by atoms with E-state index >= 15 is 0 Å². The number of hydrogen-bond donors (Lipinski definition) is 1. The first-order valence-corrected chi connectivity index (χ1v) is 14.4. The Morgan fingerprint density at radius 2 is 1.63 bits per heavy atom. The zero-order valence-corrected chi connectivity index (χ0v) is 22.2. The van der Waals surface area contributed by atoms with Crippen LogP contribution in [0.3, 0.4) is 0 Å². The van der Waals surface area contributed by atoms with E-state index in [2.05, 4.69) is 10.2 Å². The van der Waals surface area contributed by atoms with Gasteiger partial charge in [-0.1, -0.05) is 48.5 Å². The van der Waals surface area contributed by atoms with Crippen molar-refractivity contribution in [2.75, 3.05) is 23.9 Å². The number of carbonyl (C=O) groups excluding carboxylic acids is 1. The molecule has 1 atom stereocenters. The van der Waals surface area contributed by atoms with Crippen LogP contribution in [-0.2, 0) is 27.0 Å². The lowest BCUT2D eigenvalue weighted by Gasteiger charge is -2.38. The van der Waals surface area contributed by atoms with E-state index in [4.69, 9.17) is 0 Å². The molecule has 202 valence electrons. The maximum atomic E-state index is 14.1. The average Bonchev–Trinajstić information content (AvgIpc) is 2.89. The minimum Gasteiger partial charge on any atom is -0.353 e. The van der Waals surface area contributed by atoms with Crippen LogP contribution >= 0.6 is 0 Å². The summed E-state index contributed by atoms with van der Waals surface area (Å²) >= 11 is 0. The first-order valence-electron chi connectivity index (χ1n) is 12.8. The van der Waals surface area contributed by atoms with Crippen molar-refractivity contribution in [3.05, 3.63) is 102 Å². The quantitative estimate of drug-likeness (QED) is 0.410. The molecule has 0 bridgehead atoms. The largest absolute Gasteiger partial charge is 0.353 e. The standard InChI is InChI=1S/C29H33F2N3O3S/c1-22(33-16-14-27(15-17-33)32-29(35)18-23-10-12-25(30)13-11-23)20-34(28-9-5-8-26(31)19-28)38(36,37)21-24-6-3-2-4-7-24/h2-13,19,22,27H,14-18,20-21H2,1H3,(H,32,35)/t22-/m0/s1. The minimum atomic E-state index is -3.78. The lowest BCUT2D eigenvalue weighted by Crippen LogP contribution is -2.51. The SMILES string of the molecule is C[C@@H](CN(c1cccc(F)c1)S(=O)(=O)Cc1ccccc1)N1CCC(NC(=O)Cc2ccc(F)cc2)CC1. The van der Waals surface area contributed by atoms with Gasteiger partial charge in [0.2, 0.25) is 15.9 Å². The summed E-state index contributed by atoms with van der Waals surface area (Å²) in [6, 6.07) is 20.4. The van der Waals surface area contributed by atoms with Crippen molar-refractivity contribution >= 4 is 21.6 Å². The first kappa shape index (κ1) is 27.7. The molecule has 3 aromatic rings. The Hall–Kier alpha value is -3.30. The predicted molar refractivity (Wildman–Crippen MR) is 145 cm³/mol. The molecule has 1 aliphatic rings. The van der Waals surface area contributed by atoms with Gasteiger partial charge in [-0.15, -0.1) is 0 Å². The number of benzene rings is 3. The van der Waals surface area contributed by atoms with E-state index < -0.39 is 15.8 Å². The monoisotopic (exact) mass is 541 g/mol. The molecule has 9 heteroatoms. The van der Waals surface area contributed by atoms with Crippen LogP contribution in [0.4, 0.5) is 14.5 Å². The zero-order chi connectivity index (χ0) is 27.1. The third-order valence-corrected chi connectivity index (χ3v) is 8.58. The third-order valence-electron chi connectivity index (χ3n) is 6.85. The molecule has 0 aromatic heterocycles. The van der Waals surface area contributed by atoms with E-state index in [-0.39, 0.29) is 42.5 Å². The van der Waals surface area contributed by atoms with Gasteiger partial charge in [0.1, 0.15) is 11.6 Å². The number of carbonyl (C=O) groups is 1. The Bertz CT molecular complexity index is 1310. The summed E-state index contributed by atoms with van der Waals surface area (Å²) in [6.07, 6.45) is 1.66. The highest BCUT2D eigenvalue weighted by Gasteiger charge is 2.29. The van der Waals surface area contributed by atoms with Crippen molar-refractivity contribution in [1.29, 1.82) is 0 Å². The predicted octanol–water partition coefficient (Wildman–Crippen LogP) is 4.51. The lowest BCUT2D eigenvalue weighted by atomic mass is 10.0. The molecule has 0 spiro atoms. The summed E-state index contributed by atoms with van der Waals surface area (Å²) in [7, 11) is -3.78. The van der Waals surface area contributed by atoms with Crippen molar-refractivity contribution in [3.63, 3.8) is 0 Å². The normalized spacial score (nSPS) is 15.7. The van der Waals surface area contributed by atoms with Gasteiger partial charge in [-0.25, -0.2) is 17.2 Å². The lowest BCUT2D eigenvalue weighted by molar-refractivity contribution is -0.121. The molecule has 6 nitrogen and oxygen atoms in total. The number of piperidine rings is 1. The molecule has 1 fully saturated rings. The summed E-state index contributed by atoms with van der Waals surface area (Å²) in [6.45, 7) is 3.54. The molecule has 0 radical (unpaired) electrons. The van der Waals surface area contributed by atoms with Crippen molar-refractivity contribution in [2.45, 2.75) is 44.0 Å². The number of amides is 1. The Balaban J connectivity index is 1.37. The molecular formula is C29H33F2N3O3S. The summed E-state index contributed by atoms with van der Waals surface area (Å²) in [5.41, 5.74) is 1.72. The molecule has 0 aliphatic carbocycles. The van der Waals surface area contributed by atoms with Crippen LogP contribution in [0.25, 0.3) is 0 Å². The maximum Gasteiger partial charge on any atom is 0.239 e. The Labute approximate surface area is 223 Å². The van der Waals surface area contributed by atoms with E-state index in [0.29, 0.717) is 24.3 Å². The molecule has 3 aromatic carbocycles. The van der Waals surface area contributed by atoms with Gasteiger partial charge in [-0.3, -0.25) is 14.0 Å². The number of rotatable bonds is 10. The van der Waals surface area contributed by atoms with Gasteiger partial charge < -0.3 is 5.32 Å². The summed E-state index contributed by atoms with van der Waals surface area (Å²) in [5.74, 6) is -1.11. The van der Waals surface area contributed by atoms with Gasteiger partial charge in [0.15, 0.2) is 0 Å². The fourth-order valence-corrected chi connectivity index (χ4v) is 6.43. The van der Waals surface area contributed by atoms with Crippen molar-refractivity contribution in [2.24, 2.45) is 0 Å². The van der Waals surface area contributed by atoms with E-state index in [1.54, 1.807) is 42.5 Å². The first-order chi connectivity index (χ1) is 18.2. The van der Waals surface area contributed by atoms with Crippen molar-refractivity contribution in [1.82, 2.24) is 10.2 Å². The molecule has 38 heavy (non-hydrogen) atoms. The van der Waals surface area contributed by atoms with Crippen LogP contribution in [0.2, 0.25) is 0 Å². The molecule has 1 saturated heterocycles. The highest BCUT2D eigenvalue weighted by atomic mass is 32.2. The van der Waals surface area contributed by atoms with Crippen LogP contribution in [0, 0.1) is 11.6 Å². The second-order valence-corrected chi connectivity index (χ2v) is 11.7. The van der Waals surface area contributed by atoms with Gasteiger partial charge in [0.25, 0.3) is 0 Å². The molecule has 0 saturated carbocycles. The van der Waals surface area contributed by atoms with Gasteiger partial charge in [-0.05, 0) is 61.2 Å². The fraction of sp³-hybridized carbons (Fsp3) is 0.345.